The highest BCUT2D eigenvalue weighted by Crippen LogP contribution is 2.34. The van der Waals surface area contributed by atoms with E-state index in [0.717, 1.165) is 16.1 Å². The Labute approximate surface area is 232 Å². The van der Waals surface area contributed by atoms with Crippen LogP contribution >= 0.6 is 11.8 Å². The lowest BCUT2D eigenvalue weighted by molar-refractivity contribution is -0.141. The second kappa shape index (κ2) is 13.5. The number of benzene rings is 3. The summed E-state index contributed by atoms with van der Waals surface area (Å²) in [5, 5.41) is 8.49. The number of nitrogens with zero attached hydrogens (tertiary/aromatic N) is 1. The number of thioether (sulfide) groups is 1. The van der Waals surface area contributed by atoms with Gasteiger partial charge in [0.2, 0.25) is 11.8 Å². The van der Waals surface area contributed by atoms with Crippen LogP contribution in [-0.2, 0) is 19.1 Å². The lowest BCUT2D eigenvalue weighted by atomic mass is 10.0. The molecule has 3 N–H and O–H groups in total. The molecule has 0 saturated heterocycles. The summed E-state index contributed by atoms with van der Waals surface area (Å²) in [6.45, 7) is 4.76. The number of urea groups is 1. The van der Waals surface area contributed by atoms with E-state index < -0.39 is 12.0 Å². The number of anilines is 4. The molecule has 1 atom stereocenters. The zero-order valence-corrected chi connectivity index (χ0v) is 23.3. The predicted octanol–water partition coefficient (Wildman–Crippen LogP) is 5.79. The summed E-state index contributed by atoms with van der Waals surface area (Å²) in [4.78, 5) is 51.2. The second-order valence-corrected chi connectivity index (χ2v) is 9.61. The minimum absolute atomic E-state index is 0.0190. The molecule has 0 aliphatic carbocycles. The number of hydrogen-bond donors (Lipinski definition) is 3. The van der Waals surface area contributed by atoms with Crippen LogP contribution in [0.1, 0.15) is 37.4 Å². The highest BCUT2D eigenvalue weighted by molar-refractivity contribution is 7.98. The van der Waals surface area contributed by atoms with Crippen molar-refractivity contribution in [2.45, 2.75) is 38.1 Å². The fourth-order valence-corrected chi connectivity index (χ4v) is 4.60. The van der Waals surface area contributed by atoms with E-state index in [1.165, 1.54) is 32.7 Å². The number of rotatable bonds is 9. The molecule has 0 aromatic heterocycles. The van der Waals surface area contributed by atoms with E-state index in [-0.39, 0.29) is 24.3 Å². The molecule has 3 rings (SSSR count). The van der Waals surface area contributed by atoms with Crippen molar-refractivity contribution in [1.82, 2.24) is 5.32 Å². The normalized spacial score (nSPS) is 11.2. The van der Waals surface area contributed by atoms with E-state index in [1.807, 2.05) is 43.5 Å². The van der Waals surface area contributed by atoms with Crippen molar-refractivity contribution in [2.24, 2.45) is 0 Å². The van der Waals surface area contributed by atoms with Crippen LogP contribution in [0.3, 0.4) is 0 Å². The zero-order chi connectivity index (χ0) is 28.5. The van der Waals surface area contributed by atoms with Gasteiger partial charge in [-0.3, -0.25) is 19.3 Å². The Kier molecular flexibility index (Phi) is 10.1. The van der Waals surface area contributed by atoms with Crippen LogP contribution in [0.5, 0.6) is 0 Å². The molecule has 3 aromatic carbocycles. The number of esters is 1. The number of hydrogen-bond acceptors (Lipinski definition) is 6. The van der Waals surface area contributed by atoms with Gasteiger partial charge >= 0.3 is 12.0 Å². The maximum absolute atomic E-state index is 12.7. The average molecular weight is 549 g/mol. The highest BCUT2D eigenvalue weighted by atomic mass is 32.2. The summed E-state index contributed by atoms with van der Waals surface area (Å²) in [6.07, 6.45) is 1.87. The summed E-state index contributed by atoms with van der Waals surface area (Å²) in [5.41, 5.74) is 4.21. The molecule has 9 nitrogen and oxygen atoms in total. The van der Waals surface area contributed by atoms with Gasteiger partial charge in [-0.25, -0.2) is 4.79 Å². The van der Waals surface area contributed by atoms with Crippen molar-refractivity contribution in [3.05, 3.63) is 77.9 Å². The quantitative estimate of drug-likeness (QED) is 0.230. The summed E-state index contributed by atoms with van der Waals surface area (Å²) >= 11 is 1.44. The molecule has 0 radical (unpaired) electrons. The Balaban J connectivity index is 1.84. The van der Waals surface area contributed by atoms with Crippen LogP contribution in [0.4, 0.5) is 27.5 Å². The van der Waals surface area contributed by atoms with E-state index >= 15 is 0 Å². The number of carbonyl (C=O) groups is 4. The van der Waals surface area contributed by atoms with Gasteiger partial charge < -0.3 is 20.7 Å². The van der Waals surface area contributed by atoms with Crippen molar-refractivity contribution in [1.29, 1.82) is 0 Å². The minimum Gasteiger partial charge on any atom is -0.469 e. The molecule has 0 aliphatic rings. The Hall–Kier alpha value is -4.31. The number of methoxy groups -OCH3 is 1. The van der Waals surface area contributed by atoms with Gasteiger partial charge in [-0.1, -0.05) is 30.3 Å². The first-order valence-corrected chi connectivity index (χ1v) is 13.4. The molecule has 0 bridgehead atoms. The second-order valence-electron chi connectivity index (χ2n) is 8.76. The predicted molar refractivity (Wildman–Crippen MR) is 154 cm³/mol. The maximum Gasteiger partial charge on any atom is 0.323 e. The van der Waals surface area contributed by atoms with Gasteiger partial charge in [0.25, 0.3) is 0 Å². The first kappa shape index (κ1) is 29.2. The van der Waals surface area contributed by atoms with Gasteiger partial charge in [0.05, 0.1) is 30.9 Å². The van der Waals surface area contributed by atoms with Crippen LogP contribution < -0.4 is 20.9 Å². The Morgan fingerprint density at radius 2 is 1.54 bits per heavy atom. The summed E-state index contributed by atoms with van der Waals surface area (Å²) in [6, 6.07) is 19.0. The third kappa shape index (κ3) is 7.84. The summed E-state index contributed by atoms with van der Waals surface area (Å²) in [7, 11) is 1.29. The molecule has 204 valence electrons. The fraction of sp³-hybridized carbons (Fsp3) is 0.241. The number of aryl methyl sites for hydroxylation is 1. The lowest BCUT2D eigenvalue weighted by Gasteiger charge is -2.24. The molecule has 0 heterocycles. The molecule has 0 spiro atoms. The third-order valence-electron chi connectivity index (χ3n) is 5.93. The first-order valence-electron chi connectivity index (χ1n) is 12.2. The van der Waals surface area contributed by atoms with Crippen molar-refractivity contribution in [3.8, 4) is 0 Å². The van der Waals surface area contributed by atoms with E-state index in [0.29, 0.717) is 22.6 Å². The SMILES string of the molecule is COC(=O)CC(NC(C)=O)c1ccc(N(C(C)=O)c2ccc(NC(=O)Nc3ccccc3C)c(SC)c2)cc1. The van der Waals surface area contributed by atoms with E-state index in [2.05, 4.69) is 16.0 Å². The van der Waals surface area contributed by atoms with E-state index in [1.54, 1.807) is 41.3 Å². The van der Waals surface area contributed by atoms with Crippen molar-refractivity contribution in [3.63, 3.8) is 0 Å². The van der Waals surface area contributed by atoms with Crippen LogP contribution in [0.15, 0.2) is 71.6 Å². The monoisotopic (exact) mass is 548 g/mol. The molecule has 39 heavy (non-hydrogen) atoms. The molecule has 3 aromatic rings. The van der Waals surface area contributed by atoms with Crippen LogP contribution in [0.2, 0.25) is 0 Å². The fourth-order valence-electron chi connectivity index (χ4n) is 4.03. The third-order valence-corrected chi connectivity index (χ3v) is 6.71. The number of para-hydroxylation sites is 1. The zero-order valence-electron chi connectivity index (χ0n) is 22.5. The topological polar surface area (TPSA) is 117 Å². The van der Waals surface area contributed by atoms with Crippen LogP contribution in [0.25, 0.3) is 0 Å². The van der Waals surface area contributed by atoms with Gasteiger partial charge in [-0.15, -0.1) is 11.8 Å². The number of nitrogens with one attached hydrogen (secondary N) is 3. The van der Waals surface area contributed by atoms with Crippen molar-refractivity contribution in [2.75, 3.05) is 28.9 Å². The van der Waals surface area contributed by atoms with Crippen molar-refractivity contribution >= 4 is 58.3 Å². The maximum atomic E-state index is 12.7. The Morgan fingerprint density at radius 1 is 0.897 bits per heavy atom. The standard InChI is InChI=1S/C29H32N4O5S/c1-18-8-6-7-9-24(18)31-29(37)32-25-15-14-23(16-27(25)39-5)33(20(3)35)22-12-10-21(11-13-22)26(30-19(2)34)17-28(36)38-4/h6-16,26H,17H2,1-5H3,(H,30,34)(H2,31,32,37). The van der Waals surface area contributed by atoms with Crippen LogP contribution in [-0.4, -0.2) is 37.2 Å². The molecule has 10 heteroatoms. The van der Waals surface area contributed by atoms with E-state index in [9.17, 15) is 19.2 Å². The summed E-state index contributed by atoms with van der Waals surface area (Å²) < 4.78 is 4.75. The first-order chi connectivity index (χ1) is 18.6. The van der Waals surface area contributed by atoms with E-state index in [4.69, 9.17) is 4.74 Å². The van der Waals surface area contributed by atoms with Gasteiger partial charge in [0.15, 0.2) is 0 Å². The highest BCUT2D eigenvalue weighted by Gasteiger charge is 2.20. The van der Waals surface area contributed by atoms with Gasteiger partial charge in [-0.05, 0) is 60.7 Å². The largest absolute Gasteiger partial charge is 0.469 e. The van der Waals surface area contributed by atoms with Gasteiger partial charge in [-0.2, -0.15) is 0 Å². The van der Waals surface area contributed by atoms with Gasteiger partial charge in [0, 0.05) is 30.1 Å². The minimum atomic E-state index is -0.561. The Morgan fingerprint density at radius 3 is 2.13 bits per heavy atom. The number of amides is 4. The molecular formula is C29H32N4O5S. The molecule has 0 fully saturated rings. The Bertz CT molecular complexity index is 1360. The number of ether oxygens (including phenoxy) is 1. The molecule has 1 unspecified atom stereocenters. The summed E-state index contributed by atoms with van der Waals surface area (Å²) in [5.74, 6) is -0.931. The average Bonchev–Trinajstić information content (AvgIpc) is 2.90. The molecular weight excluding hydrogens is 516 g/mol. The molecule has 0 aliphatic heterocycles. The van der Waals surface area contributed by atoms with Crippen molar-refractivity contribution < 1.29 is 23.9 Å². The molecule has 0 saturated carbocycles. The molecule has 4 amide bonds. The number of carbonyl (C=O) groups excluding carboxylic acids is 4. The van der Waals surface area contributed by atoms with Gasteiger partial charge in [0.1, 0.15) is 0 Å². The smallest absolute Gasteiger partial charge is 0.323 e. The lowest BCUT2D eigenvalue weighted by Crippen LogP contribution is -2.28. The van der Waals surface area contributed by atoms with Crippen LogP contribution in [0, 0.1) is 6.92 Å².